The van der Waals surface area contributed by atoms with Crippen LogP contribution in [0.15, 0.2) is 53.4 Å². The fourth-order valence-corrected chi connectivity index (χ4v) is 3.95. The number of sulfonamides is 1. The van der Waals surface area contributed by atoms with E-state index in [0.29, 0.717) is 5.56 Å². The van der Waals surface area contributed by atoms with E-state index in [1.165, 1.54) is 55.4 Å². The molecule has 2 rings (SSSR count). The van der Waals surface area contributed by atoms with E-state index in [4.69, 9.17) is 0 Å². The maximum Gasteiger partial charge on any atom is 0.243 e. The number of rotatable bonds is 8. The Morgan fingerprint density at radius 3 is 2.17 bits per heavy atom. The number of hydrogen-bond donors (Lipinski definition) is 1. The molecule has 1 atom stereocenters. The van der Waals surface area contributed by atoms with Gasteiger partial charge in [-0.1, -0.05) is 29.8 Å². The average molecular weight is 436 g/mol. The molecule has 2 aromatic rings. The number of hydrogen-bond acceptors (Lipinski definition) is 4. The number of amides is 2. The predicted octanol–water partition coefficient (Wildman–Crippen LogP) is 1.92. The maximum atomic E-state index is 13.2. The van der Waals surface area contributed by atoms with E-state index in [2.05, 4.69) is 5.32 Å². The van der Waals surface area contributed by atoms with Crippen molar-refractivity contribution in [3.63, 3.8) is 0 Å². The lowest BCUT2D eigenvalue weighted by Crippen LogP contribution is -2.50. The van der Waals surface area contributed by atoms with Gasteiger partial charge >= 0.3 is 0 Å². The summed E-state index contributed by atoms with van der Waals surface area (Å²) < 4.78 is 39.7. The highest BCUT2D eigenvalue weighted by molar-refractivity contribution is 7.89. The van der Waals surface area contributed by atoms with Gasteiger partial charge in [-0.2, -0.15) is 4.31 Å². The van der Waals surface area contributed by atoms with Crippen molar-refractivity contribution in [1.29, 1.82) is 0 Å². The number of nitrogens with zero attached hydrogens (tertiary/aromatic N) is 2. The first-order chi connectivity index (χ1) is 14.1. The summed E-state index contributed by atoms with van der Waals surface area (Å²) in [5.74, 6) is -1.36. The summed E-state index contributed by atoms with van der Waals surface area (Å²) >= 11 is 0. The zero-order valence-corrected chi connectivity index (χ0v) is 18.2. The second-order valence-electron chi connectivity index (χ2n) is 7.01. The van der Waals surface area contributed by atoms with Gasteiger partial charge in [0.05, 0.1) is 11.4 Å². The molecule has 0 unspecified atom stereocenters. The van der Waals surface area contributed by atoms with E-state index in [1.54, 1.807) is 19.1 Å². The van der Waals surface area contributed by atoms with Gasteiger partial charge in [-0.15, -0.1) is 0 Å². The molecule has 0 aliphatic heterocycles. The van der Waals surface area contributed by atoms with Crippen LogP contribution in [0.2, 0.25) is 0 Å². The van der Waals surface area contributed by atoms with Crippen molar-refractivity contribution in [3.05, 3.63) is 65.5 Å². The molecular weight excluding hydrogens is 409 g/mol. The van der Waals surface area contributed by atoms with Gasteiger partial charge in [0, 0.05) is 20.6 Å². The van der Waals surface area contributed by atoms with Crippen molar-refractivity contribution in [1.82, 2.24) is 14.5 Å². The molecule has 162 valence electrons. The number of likely N-dealkylation sites (N-methyl/N-ethyl adjacent to an activating group) is 2. The first-order valence-corrected chi connectivity index (χ1v) is 10.8. The van der Waals surface area contributed by atoms with Gasteiger partial charge in [0.25, 0.3) is 0 Å². The molecule has 0 saturated carbocycles. The summed E-state index contributed by atoms with van der Waals surface area (Å²) in [5, 5.41) is 2.48. The van der Waals surface area contributed by atoms with Gasteiger partial charge in [0.15, 0.2) is 0 Å². The highest BCUT2D eigenvalue weighted by atomic mass is 32.2. The molecule has 0 aromatic heterocycles. The van der Waals surface area contributed by atoms with Gasteiger partial charge in [0.2, 0.25) is 21.8 Å². The normalized spacial score (nSPS) is 12.5. The van der Waals surface area contributed by atoms with Crippen molar-refractivity contribution in [2.75, 3.05) is 20.6 Å². The summed E-state index contributed by atoms with van der Waals surface area (Å²) in [6.45, 7) is 2.98. The Morgan fingerprint density at radius 2 is 1.63 bits per heavy atom. The minimum atomic E-state index is -3.88. The Hall–Kier alpha value is -2.78. The lowest BCUT2D eigenvalue weighted by molar-refractivity contribution is -0.140. The predicted molar refractivity (Wildman–Crippen MR) is 111 cm³/mol. The Bertz CT molecular complexity index is 992. The van der Waals surface area contributed by atoms with Crippen molar-refractivity contribution in [2.45, 2.75) is 31.3 Å². The summed E-state index contributed by atoms with van der Waals surface area (Å²) in [7, 11) is -1.11. The standard InChI is InChI=1S/C21H26FN3O4S/c1-15-5-11-19(12-6-15)30(28,29)24(4)14-20(26)25(16(2)21(27)23-3)13-17-7-9-18(22)10-8-17/h5-12,16H,13-14H2,1-4H3,(H,23,27)/t16-/m1/s1. The molecule has 0 fully saturated rings. The van der Waals surface area contributed by atoms with Crippen LogP contribution in [0.25, 0.3) is 0 Å². The van der Waals surface area contributed by atoms with Crippen LogP contribution in [-0.4, -0.2) is 56.1 Å². The fraction of sp³-hybridized carbons (Fsp3) is 0.333. The second-order valence-corrected chi connectivity index (χ2v) is 9.06. The Balaban J connectivity index is 2.24. The maximum absolute atomic E-state index is 13.2. The smallest absolute Gasteiger partial charge is 0.243 e. The van der Waals surface area contributed by atoms with Crippen molar-refractivity contribution in [2.24, 2.45) is 0 Å². The Labute approximate surface area is 176 Å². The van der Waals surface area contributed by atoms with Crippen molar-refractivity contribution in [3.8, 4) is 0 Å². The first-order valence-electron chi connectivity index (χ1n) is 9.34. The van der Waals surface area contributed by atoms with Gasteiger partial charge in [-0.05, 0) is 43.7 Å². The molecule has 9 heteroatoms. The Kier molecular flexibility index (Phi) is 7.69. The van der Waals surface area contributed by atoms with E-state index in [0.717, 1.165) is 9.87 Å². The van der Waals surface area contributed by atoms with Crippen LogP contribution in [0.1, 0.15) is 18.1 Å². The SMILES string of the molecule is CNC(=O)[C@@H](C)N(Cc1ccc(F)cc1)C(=O)CN(C)S(=O)(=O)c1ccc(C)cc1. The van der Waals surface area contributed by atoms with E-state index in [-0.39, 0.29) is 11.4 Å². The van der Waals surface area contributed by atoms with E-state index in [1.807, 2.05) is 6.92 Å². The number of benzene rings is 2. The van der Waals surface area contributed by atoms with Crippen LogP contribution in [0, 0.1) is 12.7 Å². The third kappa shape index (κ3) is 5.64. The third-order valence-corrected chi connectivity index (χ3v) is 6.58. The van der Waals surface area contributed by atoms with Crippen molar-refractivity contribution < 1.29 is 22.4 Å². The number of carbonyl (C=O) groups is 2. The summed E-state index contributed by atoms with van der Waals surface area (Å²) in [5.41, 5.74) is 1.53. The second kappa shape index (κ2) is 9.82. The van der Waals surface area contributed by atoms with Crippen LogP contribution in [0.3, 0.4) is 0 Å². The molecule has 0 bridgehead atoms. The molecule has 0 saturated heterocycles. The molecule has 0 heterocycles. The van der Waals surface area contributed by atoms with Gasteiger partial charge in [-0.3, -0.25) is 9.59 Å². The molecular formula is C21H26FN3O4S. The van der Waals surface area contributed by atoms with E-state index >= 15 is 0 Å². The highest BCUT2D eigenvalue weighted by Crippen LogP contribution is 2.16. The van der Waals surface area contributed by atoms with Crippen LogP contribution >= 0.6 is 0 Å². The number of halogens is 1. The molecule has 2 amide bonds. The van der Waals surface area contributed by atoms with Gasteiger partial charge in [0.1, 0.15) is 11.9 Å². The lowest BCUT2D eigenvalue weighted by Gasteiger charge is -2.30. The summed E-state index contributed by atoms with van der Waals surface area (Å²) in [6.07, 6.45) is 0. The third-order valence-electron chi connectivity index (χ3n) is 4.77. The lowest BCUT2D eigenvalue weighted by atomic mass is 10.1. The largest absolute Gasteiger partial charge is 0.357 e. The minimum Gasteiger partial charge on any atom is -0.357 e. The summed E-state index contributed by atoms with van der Waals surface area (Å²) in [4.78, 5) is 26.5. The quantitative estimate of drug-likeness (QED) is 0.686. The monoisotopic (exact) mass is 435 g/mol. The van der Waals surface area contributed by atoms with Crippen LogP contribution < -0.4 is 5.32 Å². The number of carbonyl (C=O) groups excluding carboxylic acids is 2. The van der Waals surface area contributed by atoms with Crippen LogP contribution in [0.5, 0.6) is 0 Å². The summed E-state index contributed by atoms with van der Waals surface area (Å²) in [6, 6.07) is 11.0. The van der Waals surface area contributed by atoms with Crippen LogP contribution in [-0.2, 0) is 26.2 Å². The topological polar surface area (TPSA) is 86.8 Å². The van der Waals surface area contributed by atoms with E-state index in [9.17, 15) is 22.4 Å². The fourth-order valence-electron chi connectivity index (χ4n) is 2.83. The number of nitrogens with one attached hydrogen (secondary N) is 1. The molecule has 0 spiro atoms. The first kappa shape index (κ1) is 23.5. The van der Waals surface area contributed by atoms with E-state index < -0.39 is 40.2 Å². The Morgan fingerprint density at radius 1 is 1.07 bits per heavy atom. The molecule has 2 aromatic carbocycles. The molecule has 0 aliphatic rings. The molecule has 7 nitrogen and oxygen atoms in total. The van der Waals surface area contributed by atoms with Crippen LogP contribution in [0.4, 0.5) is 4.39 Å². The minimum absolute atomic E-state index is 0.0338. The van der Waals surface area contributed by atoms with Gasteiger partial charge < -0.3 is 10.2 Å². The van der Waals surface area contributed by atoms with Gasteiger partial charge in [-0.25, -0.2) is 12.8 Å². The molecule has 0 aliphatic carbocycles. The van der Waals surface area contributed by atoms with Crippen molar-refractivity contribution >= 4 is 21.8 Å². The molecule has 30 heavy (non-hydrogen) atoms. The zero-order chi connectivity index (χ0) is 22.5. The molecule has 1 N–H and O–H groups in total. The average Bonchev–Trinajstić information content (AvgIpc) is 2.72. The number of aryl methyl sites for hydroxylation is 1. The molecule has 0 radical (unpaired) electrons. The zero-order valence-electron chi connectivity index (χ0n) is 17.4. The highest BCUT2D eigenvalue weighted by Gasteiger charge is 2.29.